The van der Waals surface area contributed by atoms with E-state index in [-0.39, 0.29) is 11.8 Å². The number of carbonyl (C=O) groups excluding carboxylic acids is 3. The average molecular weight is 310 g/mol. The number of rotatable bonds is 4. The molecule has 5 nitrogen and oxygen atoms in total. The van der Waals surface area contributed by atoms with Crippen molar-refractivity contribution in [1.82, 2.24) is 5.32 Å². The SMILES string of the molecule is CC(=O)c1cccc(NC(=O)C(=O)N[C@@H](C)c2ccccc2)c1. The zero-order valence-corrected chi connectivity index (χ0v) is 13.0. The van der Waals surface area contributed by atoms with E-state index in [0.717, 1.165) is 5.56 Å². The summed E-state index contributed by atoms with van der Waals surface area (Å²) in [6.45, 7) is 3.24. The first-order chi connectivity index (χ1) is 11.0. The second-order valence-corrected chi connectivity index (χ2v) is 5.20. The Hall–Kier alpha value is -2.95. The zero-order valence-electron chi connectivity index (χ0n) is 13.0. The molecule has 0 saturated carbocycles. The molecular weight excluding hydrogens is 292 g/mol. The van der Waals surface area contributed by atoms with Crippen molar-refractivity contribution in [2.24, 2.45) is 0 Å². The topological polar surface area (TPSA) is 75.3 Å². The van der Waals surface area contributed by atoms with Gasteiger partial charge in [0.15, 0.2) is 5.78 Å². The molecule has 2 rings (SSSR count). The van der Waals surface area contributed by atoms with Crippen molar-refractivity contribution in [1.29, 1.82) is 0 Å². The standard InChI is InChI=1S/C18H18N2O3/c1-12(14-7-4-3-5-8-14)19-17(22)18(23)20-16-10-6-9-15(11-16)13(2)21/h3-12H,1-2H3,(H,19,22)(H,20,23)/t12-/m0/s1. The predicted octanol–water partition coefficient (Wildman–Crippen LogP) is 2.71. The third-order valence-corrected chi connectivity index (χ3v) is 3.38. The van der Waals surface area contributed by atoms with Gasteiger partial charge in [-0.15, -0.1) is 0 Å². The van der Waals surface area contributed by atoms with Gasteiger partial charge in [-0.05, 0) is 31.5 Å². The lowest BCUT2D eigenvalue weighted by Gasteiger charge is -2.14. The summed E-state index contributed by atoms with van der Waals surface area (Å²) in [6, 6.07) is 15.5. The first-order valence-corrected chi connectivity index (χ1v) is 7.25. The molecule has 0 heterocycles. The molecule has 0 aliphatic carbocycles. The molecule has 1 atom stereocenters. The fraction of sp³-hybridized carbons (Fsp3) is 0.167. The number of benzene rings is 2. The Morgan fingerprint density at radius 1 is 0.913 bits per heavy atom. The minimum Gasteiger partial charge on any atom is -0.341 e. The largest absolute Gasteiger partial charge is 0.341 e. The van der Waals surface area contributed by atoms with E-state index >= 15 is 0 Å². The van der Waals surface area contributed by atoms with Crippen LogP contribution in [0.2, 0.25) is 0 Å². The molecule has 0 saturated heterocycles. The maximum Gasteiger partial charge on any atom is 0.313 e. The Kier molecular flexibility index (Phi) is 5.25. The van der Waals surface area contributed by atoms with E-state index in [1.807, 2.05) is 30.3 Å². The smallest absolute Gasteiger partial charge is 0.313 e. The summed E-state index contributed by atoms with van der Waals surface area (Å²) in [5.74, 6) is -1.61. The second kappa shape index (κ2) is 7.35. The Labute approximate surface area is 134 Å². The summed E-state index contributed by atoms with van der Waals surface area (Å²) < 4.78 is 0. The number of hydrogen-bond acceptors (Lipinski definition) is 3. The van der Waals surface area contributed by atoms with Gasteiger partial charge in [0.1, 0.15) is 0 Å². The first kappa shape index (κ1) is 16.4. The van der Waals surface area contributed by atoms with Crippen LogP contribution in [0.5, 0.6) is 0 Å². The van der Waals surface area contributed by atoms with Gasteiger partial charge < -0.3 is 10.6 Å². The van der Waals surface area contributed by atoms with Crippen molar-refractivity contribution in [3.63, 3.8) is 0 Å². The van der Waals surface area contributed by atoms with E-state index in [2.05, 4.69) is 10.6 Å². The molecule has 5 heteroatoms. The highest BCUT2D eigenvalue weighted by Crippen LogP contribution is 2.13. The molecule has 0 aliphatic rings. The van der Waals surface area contributed by atoms with Crippen LogP contribution in [0.15, 0.2) is 54.6 Å². The van der Waals surface area contributed by atoms with Crippen LogP contribution in [0.1, 0.15) is 35.8 Å². The molecule has 0 bridgehead atoms. The van der Waals surface area contributed by atoms with E-state index in [1.54, 1.807) is 25.1 Å². The van der Waals surface area contributed by atoms with Gasteiger partial charge in [-0.2, -0.15) is 0 Å². The molecule has 0 aromatic heterocycles. The molecule has 2 aromatic carbocycles. The van der Waals surface area contributed by atoms with Crippen molar-refractivity contribution >= 4 is 23.3 Å². The summed E-state index contributed by atoms with van der Waals surface area (Å²) in [4.78, 5) is 35.2. The minimum absolute atomic E-state index is 0.108. The van der Waals surface area contributed by atoms with Crippen LogP contribution in [0.25, 0.3) is 0 Å². The second-order valence-electron chi connectivity index (χ2n) is 5.20. The van der Waals surface area contributed by atoms with E-state index in [0.29, 0.717) is 11.3 Å². The van der Waals surface area contributed by atoms with Crippen molar-refractivity contribution in [2.45, 2.75) is 19.9 Å². The highest BCUT2D eigenvalue weighted by molar-refractivity contribution is 6.39. The number of Topliss-reactive ketones (excluding diaryl/α,β-unsaturated/α-hetero) is 1. The van der Waals surface area contributed by atoms with E-state index in [1.165, 1.54) is 13.0 Å². The predicted molar refractivity (Wildman–Crippen MR) is 88.1 cm³/mol. The van der Waals surface area contributed by atoms with E-state index in [9.17, 15) is 14.4 Å². The quantitative estimate of drug-likeness (QED) is 0.673. The van der Waals surface area contributed by atoms with Crippen LogP contribution >= 0.6 is 0 Å². The fourth-order valence-electron chi connectivity index (χ4n) is 2.09. The van der Waals surface area contributed by atoms with Crippen LogP contribution in [-0.2, 0) is 9.59 Å². The van der Waals surface area contributed by atoms with Gasteiger partial charge in [0.2, 0.25) is 0 Å². The molecule has 2 N–H and O–H groups in total. The van der Waals surface area contributed by atoms with Crippen LogP contribution < -0.4 is 10.6 Å². The van der Waals surface area contributed by atoms with Crippen LogP contribution in [0, 0.1) is 0 Å². The summed E-state index contributed by atoms with van der Waals surface area (Å²) in [6.07, 6.45) is 0. The number of nitrogens with one attached hydrogen (secondary N) is 2. The van der Waals surface area contributed by atoms with Crippen molar-refractivity contribution in [2.75, 3.05) is 5.32 Å². The van der Waals surface area contributed by atoms with Gasteiger partial charge in [-0.3, -0.25) is 14.4 Å². The maximum absolute atomic E-state index is 12.0. The summed E-state index contributed by atoms with van der Waals surface area (Å²) in [7, 11) is 0. The molecule has 0 fully saturated rings. The summed E-state index contributed by atoms with van der Waals surface area (Å²) in [5, 5.41) is 5.13. The number of carbonyl (C=O) groups is 3. The lowest BCUT2D eigenvalue weighted by Crippen LogP contribution is -2.36. The van der Waals surface area contributed by atoms with Crippen LogP contribution in [0.3, 0.4) is 0 Å². The van der Waals surface area contributed by atoms with Gasteiger partial charge in [0, 0.05) is 11.3 Å². The Bertz CT molecular complexity index is 726. The Morgan fingerprint density at radius 2 is 1.61 bits per heavy atom. The number of anilines is 1. The molecular formula is C18H18N2O3. The van der Waals surface area contributed by atoms with Gasteiger partial charge >= 0.3 is 11.8 Å². The van der Waals surface area contributed by atoms with Crippen molar-refractivity contribution < 1.29 is 14.4 Å². The summed E-state index contributed by atoms with van der Waals surface area (Å²) in [5.41, 5.74) is 1.79. The molecule has 0 unspecified atom stereocenters. The number of hydrogen-bond donors (Lipinski definition) is 2. The maximum atomic E-state index is 12.0. The molecule has 0 spiro atoms. The van der Waals surface area contributed by atoms with E-state index in [4.69, 9.17) is 0 Å². The highest BCUT2D eigenvalue weighted by atomic mass is 16.2. The fourth-order valence-corrected chi connectivity index (χ4v) is 2.09. The molecule has 23 heavy (non-hydrogen) atoms. The van der Waals surface area contributed by atoms with Gasteiger partial charge in [-0.25, -0.2) is 0 Å². The lowest BCUT2D eigenvalue weighted by molar-refractivity contribution is -0.136. The third-order valence-electron chi connectivity index (χ3n) is 3.38. The zero-order chi connectivity index (χ0) is 16.8. The molecule has 2 amide bonds. The molecule has 0 aliphatic heterocycles. The Balaban J connectivity index is 1.99. The Morgan fingerprint density at radius 3 is 2.26 bits per heavy atom. The third kappa shape index (κ3) is 4.51. The molecule has 0 radical (unpaired) electrons. The molecule has 2 aromatic rings. The van der Waals surface area contributed by atoms with Gasteiger partial charge in [0.05, 0.1) is 6.04 Å². The van der Waals surface area contributed by atoms with E-state index < -0.39 is 11.8 Å². The van der Waals surface area contributed by atoms with Gasteiger partial charge in [-0.1, -0.05) is 42.5 Å². The van der Waals surface area contributed by atoms with Crippen molar-refractivity contribution in [3.8, 4) is 0 Å². The van der Waals surface area contributed by atoms with Crippen molar-refractivity contribution in [3.05, 3.63) is 65.7 Å². The summed E-state index contributed by atoms with van der Waals surface area (Å²) >= 11 is 0. The highest BCUT2D eigenvalue weighted by Gasteiger charge is 2.17. The lowest BCUT2D eigenvalue weighted by atomic mass is 10.1. The van der Waals surface area contributed by atoms with Gasteiger partial charge in [0.25, 0.3) is 0 Å². The monoisotopic (exact) mass is 310 g/mol. The van der Waals surface area contributed by atoms with Crippen LogP contribution in [-0.4, -0.2) is 17.6 Å². The van der Waals surface area contributed by atoms with Crippen LogP contribution in [0.4, 0.5) is 5.69 Å². The normalized spacial score (nSPS) is 11.4. The average Bonchev–Trinajstić information content (AvgIpc) is 2.55. The minimum atomic E-state index is -0.770. The number of ketones is 1. The number of amides is 2. The molecule has 118 valence electrons. The first-order valence-electron chi connectivity index (χ1n) is 7.25.